The Kier molecular flexibility index (Phi) is 9.98. The van der Waals surface area contributed by atoms with Crippen LogP contribution in [0.5, 0.6) is 5.75 Å². The van der Waals surface area contributed by atoms with Gasteiger partial charge in [0, 0.05) is 31.2 Å². The number of carbonyl (C=O) groups is 3. The first-order valence-electron chi connectivity index (χ1n) is 16.5. The molecular formula is C37H42N6O6S. The molecule has 2 aliphatic rings. The Morgan fingerprint density at radius 1 is 0.940 bits per heavy atom. The number of benzene rings is 4. The van der Waals surface area contributed by atoms with Crippen LogP contribution >= 0.6 is 0 Å². The van der Waals surface area contributed by atoms with Crippen molar-refractivity contribution in [2.24, 2.45) is 0 Å². The van der Waals surface area contributed by atoms with E-state index in [-0.39, 0.29) is 49.9 Å². The number of nitrogens with one attached hydrogen (secondary N) is 2. The lowest BCUT2D eigenvalue weighted by molar-refractivity contribution is -0.158. The van der Waals surface area contributed by atoms with E-state index < -0.39 is 22.2 Å². The summed E-state index contributed by atoms with van der Waals surface area (Å²) in [5.41, 5.74) is 3.04. The van der Waals surface area contributed by atoms with Crippen molar-refractivity contribution in [2.75, 3.05) is 31.2 Å². The highest BCUT2D eigenvalue weighted by molar-refractivity contribution is 7.92. The number of anilines is 1. The van der Waals surface area contributed by atoms with Crippen LogP contribution in [0.15, 0.2) is 91.0 Å². The minimum atomic E-state index is -3.46. The smallest absolute Gasteiger partial charge is 0.332 e. The minimum Gasteiger partial charge on any atom is -0.497 e. The van der Waals surface area contributed by atoms with Gasteiger partial charge in [0.1, 0.15) is 18.0 Å². The SMILES string of the molecule is COc1ccc(CNC(=O)N(C(C)C)N2CC(=O)N3[C@@H](Cc4ccc(NS(C)(=O)=O)cc4)C(=O)N(Cc4cccc5ccccc45)C[C@@H]32)cc1. The summed E-state index contributed by atoms with van der Waals surface area (Å²) in [6, 6.07) is 26.8. The minimum absolute atomic E-state index is 0.0676. The molecule has 2 heterocycles. The molecule has 0 unspecified atom stereocenters. The van der Waals surface area contributed by atoms with Gasteiger partial charge in [-0.1, -0.05) is 66.7 Å². The van der Waals surface area contributed by atoms with Gasteiger partial charge in [-0.05, 0) is 65.6 Å². The molecule has 0 aliphatic carbocycles. The van der Waals surface area contributed by atoms with Crippen molar-refractivity contribution < 1.29 is 27.5 Å². The van der Waals surface area contributed by atoms with Crippen LogP contribution in [-0.2, 0) is 39.1 Å². The van der Waals surface area contributed by atoms with Gasteiger partial charge in [0.25, 0.3) is 0 Å². The quantitative estimate of drug-likeness (QED) is 0.240. The zero-order chi connectivity index (χ0) is 35.6. The zero-order valence-electron chi connectivity index (χ0n) is 28.6. The molecule has 4 amide bonds. The second-order valence-electron chi connectivity index (χ2n) is 13.0. The Bertz CT molecular complexity index is 1980. The molecule has 4 aromatic rings. The average Bonchev–Trinajstić information content (AvgIpc) is 3.40. The third-order valence-electron chi connectivity index (χ3n) is 9.07. The number of hydrazine groups is 1. The lowest BCUT2D eigenvalue weighted by atomic mass is 9.99. The number of hydrogen-bond acceptors (Lipinski definition) is 7. The molecule has 0 spiro atoms. The van der Waals surface area contributed by atoms with Crippen LogP contribution in [0.4, 0.5) is 10.5 Å². The van der Waals surface area contributed by atoms with E-state index in [9.17, 15) is 22.8 Å². The molecule has 2 aliphatic heterocycles. The van der Waals surface area contributed by atoms with Gasteiger partial charge in [-0.15, -0.1) is 0 Å². The molecule has 0 aromatic heterocycles. The van der Waals surface area contributed by atoms with Crippen LogP contribution in [0, 0.1) is 0 Å². The van der Waals surface area contributed by atoms with E-state index in [1.54, 1.807) is 51.2 Å². The van der Waals surface area contributed by atoms with Crippen molar-refractivity contribution >= 4 is 44.3 Å². The van der Waals surface area contributed by atoms with Crippen LogP contribution in [0.3, 0.4) is 0 Å². The molecule has 0 bridgehead atoms. The molecular weight excluding hydrogens is 657 g/mol. The van der Waals surface area contributed by atoms with Gasteiger partial charge in [0.15, 0.2) is 0 Å². The first kappa shape index (κ1) is 34.7. The third-order valence-corrected chi connectivity index (χ3v) is 9.68. The molecule has 2 fully saturated rings. The van der Waals surface area contributed by atoms with Crippen molar-refractivity contribution in [2.45, 2.75) is 51.6 Å². The summed E-state index contributed by atoms with van der Waals surface area (Å²) < 4.78 is 31.2. The topological polar surface area (TPSA) is 132 Å². The molecule has 2 N–H and O–H groups in total. The summed E-state index contributed by atoms with van der Waals surface area (Å²) in [6.07, 6.45) is 0.697. The van der Waals surface area contributed by atoms with E-state index in [1.807, 2.05) is 80.6 Å². The summed E-state index contributed by atoms with van der Waals surface area (Å²) in [5, 5.41) is 8.47. The molecule has 13 heteroatoms. The van der Waals surface area contributed by atoms with Crippen LogP contribution < -0.4 is 14.8 Å². The normalized spacial score (nSPS) is 18.0. The Balaban J connectivity index is 1.30. The van der Waals surface area contributed by atoms with Crippen LogP contribution in [-0.4, -0.2) is 90.8 Å². The Labute approximate surface area is 292 Å². The van der Waals surface area contributed by atoms with Crippen molar-refractivity contribution in [1.82, 2.24) is 25.1 Å². The van der Waals surface area contributed by atoms with Crippen molar-refractivity contribution in [1.29, 1.82) is 0 Å². The Morgan fingerprint density at radius 3 is 2.30 bits per heavy atom. The number of hydrogen-bond donors (Lipinski definition) is 2. The first-order valence-corrected chi connectivity index (χ1v) is 18.4. The van der Waals surface area contributed by atoms with E-state index >= 15 is 0 Å². The first-order chi connectivity index (χ1) is 23.9. The van der Waals surface area contributed by atoms with Crippen molar-refractivity contribution in [3.8, 4) is 5.75 Å². The monoisotopic (exact) mass is 698 g/mol. The number of ether oxygens (including phenoxy) is 1. The average molecular weight is 699 g/mol. The van der Waals surface area contributed by atoms with Gasteiger partial charge in [0.05, 0.1) is 26.5 Å². The summed E-state index contributed by atoms with van der Waals surface area (Å²) in [7, 11) is -1.86. The van der Waals surface area contributed by atoms with Gasteiger partial charge in [0.2, 0.25) is 21.8 Å². The van der Waals surface area contributed by atoms with Gasteiger partial charge in [-0.25, -0.2) is 13.2 Å². The van der Waals surface area contributed by atoms with Crippen LogP contribution in [0.25, 0.3) is 10.8 Å². The Morgan fingerprint density at radius 2 is 1.62 bits per heavy atom. The largest absolute Gasteiger partial charge is 0.497 e. The molecule has 0 radical (unpaired) electrons. The fourth-order valence-corrected chi connectivity index (χ4v) is 7.36. The molecule has 4 aromatic carbocycles. The number of carbonyl (C=O) groups excluding carboxylic acids is 3. The standard InChI is InChI=1S/C37H42N6O6S/c1-25(2)43(37(46)38-21-27-14-18-31(49-3)19-15-27)41-24-35(44)42-33(20-26-12-16-30(17-13-26)39-50(4,47)48)36(45)40(23-34(41)42)22-29-10-7-9-28-8-5-6-11-32(28)29/h5-19,25,33-34,39H,20-24H2,1-4H3,(H,38,46)/t33-,34+/m0/s1. The summed E-state index contributed by atoms with van der Waals surface area (Å²) in [4.78, 5) is 45.5. The van der Waals surface area contributed by atoms with E-state index in [4.69, 9.17) is 4.74 Å². The summed E-state index contributed by atoms with van der Waals surface area (Å²) in [6.45, 7) is 4.53. The molecule has 2 saturated heterocycles. The lowest BCUT2D eigenvalue weighted by Gasteiger charge is -2.47. The highest BCUT2D eigenvalue weighted by atomic mass is 32.2. The van der Waals surface area contributed by atoms with Crippen molar-refractivity contribution in [3.63, 3.8) is 0 Å². The molecule has 0 saturated carbocycles. The predicted octanol–water partition coefficient (Wildman–Crippen LogP) is 4.18. The van der Waals surface area contributed by atoms with Gasteiger partial charge in [-0.3, -0.25) is 19.3 Å². The van der Waals surface area contributed by atoms with Gasteiger partial charge in [-0.2, -0.15) is 5.01 Å². The molecule has 6 rings (SSSR count). The lowest BCUT2D eigenvalue weighted by Crippen LogP contribution is -2.66. The van der Waals surface area contributed by atoms with E-state index in [0.717, 1.165) is 39.5 Å². The zero-order valence-corrected chi connectivity index (χ0v) is 29.4. The predicted molar refractivity (Wildman–Crippen MR) is 191 cm³/mol. The number of fused-ring (bicyclic) bond motifs is 2. The number of rotatable bonds is 11. The number of piperazine rings is 1. The highest BCUT2D eigenvalue weighted by Crippen LogP contribution is 2.32. The number of amides is 4. The number of urea groups is 1. The fraction of sp³-hybridized carbons (Fsp3) is 0.324. The second-order valence-corrected chi connectivity index (χ2v) is 14.7. The van der Waals surface area contributed by atoms with Crippen LogP contribution in [0.2, 0.25) is 0 Å². The summed E-state index contributed by atoms with van der Waals surface area (Å²) >= 11 is 0. The number of sulfonamides is 1. The fourth-order valence-electron chi connectivity index (χ4n) is 6.80. The highest BCUT2D eigenvalue weighted by Gasteiger charge is 2.52. The van der Waals surface area contributed by atoms with Gasteiger partial charge < -0.3 is 19.9 Å². The molecule has 2 atom stereocenters. The van der Waals surface area contributed by atoms with Gasteiger partial charge >= 0.3 is 6.03 Å². The van der Waals surface area contributed by atoms with E-state index in [2.05, 4.69) is 10.0 Å². The third kappa shape index (κ3) is 7.53. The molecule has 262 valence electrons. The second kappa shape index (κ2) is 14.4. The number of nitrogens with zero attached hydrogens (tertiary/aromatic N) is 4. The maximum atomic E-state index is 14.4. The Hall–Kier alpha value is -5.14. The molecule has 50 heavy (non-hydrogen) atoms. The van der Waals surface area contributed by atoms with E-state index in [0.29, 0.717) is 12.2 Å². The van der Waals surface area contributed by atoms with E-state index in [1.165, 1.54) is 0 Å². The van der Waals surface area contributed by atoms with Crippen LogP contribution in [0.1, 0.15) is 30.5 Å². The summed E-state index contributed by atoms with van der Waals surface area (Å²) in [5.74, 6) is 0.278. The maximum Gasteiger partial charge on any atom is 0.332 e. The molecule has 12 nitrogen and oxygen atoms in total. The number of methoxy groups -OCH3 is 1. The van der Waals surface area contributed by atoms with Crippen molar-refractivity contribution in [3.05, 3.63) is 108 Å². The maximum absolute atomic E-state index is 14.4.